The zero-order chi connectivity index (χ0) is 28.6. The van der Waals surface area contributed by atoms with Crippen LogP contribution in [0, 0.1) is 11.6 Å². The Morgan fingerprint density at radius 1 is 1.12 bits per heavy atom. The van der Waals surface area contributed by atoms with E-state index >= 15 is 4.39 Å². The molecule has 0 aliphatic carbocycles. The Balaban J connectivity index is 1.29. The van der Waals surface area contributed by atoms with Crippen molar-refractivity contribution in [2.45, 2.75) is 56.1 Å². The SMILES string of the molecule is O=c1c2nc(OCC34CCCN3CCC4)nc(N3CC4CCC3CN4)c2cnn1-c1cc(O)cc2ccc(F)c(F)c12. The quantitative estimate of drug-likeness (QED) is 0.371. The van der Waals surface area contributed by atoms with Crippen LogP contribution in [-0.4, -0.2) is 80.2 Å². The van der Waals surface area contributed by atoms with Gasteiger partial charge in [0.05, 0.1) is 22.8 Å². The van der Waals surface area contributed by atoms with E-state index in [4.69, 9.17) is 9.72 Å². The average molecular weight is 576 g/mol. The molecule has 2 N–H and O–H groups in total. The third-order valence-electron chi connectivity index (χ3n) is 9.70. The molecule has 9 rings (SSSR count). The average Bonchev–Trinajstić information content (AvgIpc) is 3.59. The van der Waals surface area contributed by atoms with Gasteiger partial charge in [0.1, 0.15) is 23.7 Å². The number of piperazine rings is 1. The normalized spacial score (nSPS) is 23.2. The topological polar surface area (TPSA) is 109 Å². The second kappa shape index (κ2) is 9.56. The number of fused-ring (bicyclic) bond motifs is 6. The number of aromatic nitrogens is 4. The van der Waals surface area contributed by atoms with Crippen molar-refractivity contribution < 1.29 is 18.6 Å². The fourth-order valence-corrected chi connectivity index (χ4v) is 7.60. The lowest BCUT2D eigenvalue weighted by atomic mass is 9.93. The Kier molecular flexibility index (Phi) is 5.87. The molecule has 4 aromatic rings. The number of ether oxygens (including phenoxy) is 1. The van der Waals surface area contributed by atoms with E-state index in [9.17, 15) is 14.3 Å². The summed E-state index contributed by atoms with van der Waals surface area (Å²) in [5.74, 6) is -1.81. The molecule has 2 aromatic heterocycles. The van der Waals surface area contributed by atoms with Gasteiger partial charge in [0, 0.05) is 36.6 Å². The van der Waals surface area contributed by atoms with Crippen LogP contribution in [0.15, 0.2) is 35.3 Å². The Labute approximate surface area is 239 Å². The van der Waals surface area contributed by atoms with E-state index in [1.54, 1.807) is 0 Å². The Morgan fingerprint density at radius 2 is 1.95 bits per heavy atom. The summed E-state index contributed by atoms with van der Waals surface area (Å²) in [6.07, 6.45) is 7.93. The minimum Gasteiger partial charge on any atom is -0.508 e. The monoisotopic (exact) mass is 575 g/mol. The van der Waals surface area contributed by atoms with Gasteiger partial charge in [0.15, 0.2) is 11.6 Å². The van der Waals surface area contributed by atoms with E-state index in [1.807, 2.05) is 0 Å². The van der Waals surface area contributed by atoms with Crippen LogP contribution < -0.4 is 20.5 Å². The molecular weight excluding hydrogens is 544 g/mol. The summed E-state index contributed by atoms with van der Waals surface area (Å²) in [7, 11) is 0. The first-order chi connectivity index (χ1) is 20.4. The highest BCUT2D eigenvalue weighted by Crippen LogP contribution is 2.39. The fourth-order valence-electron chi connectivity index (χ4n) is 7.60. The Morgan fingerprint density at radius 3 is 2.69 bits per heavy atom. The van der Waals surface area contributed by atoms with Gasteiger partial charge in [0.25, 0.3) is 5.56 Å². The first-order valence-corrected chi connectivity index (χ1v) is 14.7. The highest BCUT2D eigenvalue weighted by atomic mass is 19.2. The molecule has 42 heavy (non-hydrogen) atoms. The summed E-state index contributed by atoms with van der Waals surface area (Å²) < 4.78 is 36.6. The van der Waals surface area contributed by atoms with Gasteiger partial charge in [-0.25, -0.2) is 8.78 Å². The molecule has 2 atom stereocenters. The predicted molar refractivity (Wildman–Crippen MR) is 152 cm³/mol. The molecule has 5 aliphatic heterocycles. The number of halogens is 2. The summed E-state index contributed by atoms with van der Waals surface area (Å²) in [6, 6.07) is 5.49. The van der Waals surface area contributed by atoms with Crippen molar-refractivity contribution in [3.63, 3.8) is 0 Å². The van der Waals surface area contributed by atoms with E-state index < -0.39 is 17.2 Å². The number of phenolic OH excluding ortho intramolecular Hbond substituents is 1. The van der Waals surface area contributed by atoms with E-state index in [2.05, 4.69) is 25.2 Å². The number of hydrogen-bond acceptors (Lipinski definition) is 9. The lowest BCUT2D eigenvalue weighted by Gasteiger charge is -2.46. The maximum Gasteiger partial charge on any atom is 0.319 e. The third kappa shape index (κ3) is 3.95. The molecule has 0 saturated carbocycles. The predicted octanol–water partition coefficient (Wildman–Crippen LogP) is 3.26. The molecule has 5 saturated heterocycles. The van der Waals surface area contributed by atoms with Crippen LogP contribution in [0.2, 0.25) is 0 Å². The van der Waals surface area contributed by atoms with Crippen LogP contribution >= 0.6 is 0 Å². The Hall–Kier alpha value is -3.90. The van der Waals surface area contributed by atoms with E-state index in [0.717, 1.165) is 75.5 Å². The van der Waals surface area contributed by atoms with Gasteiger partial charge in [-0.1, -0.05) is 6.07 Å². The van der Waals surface area contributed by atoms with Crippen LogP contribution in [0.1, 0.15) is 38.5 Å². The molecule has 7 heterocycles. The maximum absolute atomic E-state index is 15.1. The zero-order valence-corrected chi connectivity index (χ0v) is 23.0. The van der Waals surface area contributed by atoms with Gasteiger partial charge in [-0.15, -0.1) is 0 Å². The second-order valence-corrected chi connectivity index (χ2v) is 12.1. The molecular formula is C30H31F2N7O3. The van der Waals surface area contributed by atoms with E-state index in [1.165, 1.54) is 24.4 Å². The summed E-state index contributed by atoms with van der Waals surface area (Å²) >= 11 is 0. The standard InChI is InChI=1S/C30H31F2N7O3/c31-22-6-3-17-11-20(40)12-23(24(17)25(22)32)39-28(41)26-21(14-34-39)27(38-15-18-4-5-19(38)13-33-18)36-29(35-26)42-16-30-7-1-9-37(30)10-2-8-30/h3,6,11-12,14,18-19,33,40H,1-2,4-5,7-10,13,15-16H2. The van der Waals surface area contributed by atoms with Crippen LogP contribution in [0.5, 0.6) is 11.8 Å². The summed E-state index contributed by atoms with van der Waals surface area (Å²) in [5.41, 5.74) is -0.685. The number of anilines is 1. The highest BCUT2D eigenvalue weighted by molar-refractivity contribution is 5.93. The molecule has 2 bridgehead atoms. The summed E-state index contributed by atoms with van der Waals surface area (Å²) in [4.78, 5) is 28.2. The largest absolute Gasteiger partial charge is 0.508 e. The first-order valence-electron chi connectivity index (χ1n) is 14.7. The van der Waals surface area contributed by atoms with Gasteiger partial charge in [0.2, 0.25) is 0 Å². The van der Waals surface area contributed by atoms with Crippen LogP contribution in [0.4, 0.5) is 14.6 Å². The van der Waals surface area contributed by atoms with Crippen molar-refractivity contribution in [3.8, 4) is 17.4 Å². The maximum atomic E-state index is 15.1. The van der Waals surface area contributed by atoms with Crippen molar-refractivity contribution in [2.24, 2.45) is 0 Å². The Bertz CT molecular complexity index is 1780. The fraction of sp³-hybridized carbons (Fsp3) is 0.467. The van der Waals surface area contributed by atoms with Crippen molar-refractivity contribution in [2.75, 3.05) is 37.7 Å². The molecule has 12 heteroatoms. The molecule has 5 fully saturated rings. The number of aromatic hydroxyl groups is 1. The third-order valence-corrected chi connectivity index (χ3v) is 9.70. The molecule has 5 aliphatic rings. The first kappa shape index (κ1) is 25.8. The molecule has 0 spiro atoms. The van der Waals surface area contributed by atoms with Gasteiger partial charge in [-0.3, -0.25) is 9.69 Å². The molecule has 2 aromatic carbocycles. The van der Waals surface area contributed by atoms with Gasteiger partial charge in [-0.2, -0.15) is 19.7 Å². The molecule has 0 radical (unpaired) electrons. The van der Waals surface area contributed by atoms with Gasteiger partial charge in [-0.05, 0) is 69.1 Å². The minimum atomic E-state index is -1.13. The van der Waals surface area contributed by atoms with Crippen LogP contribution in [0.3, 0.4) is 0 Å². The number of hydrogen-bond donors (Lipinski definition) is 2. The van der Waals surface area contributed by atoms with Crippen molar-refractivity contribution >= 4 is 27.5 Å². The zero-order valence-electron chi connectivity index (χ0n) is 23.0. The number of benzene rings is 2. The molecule has 10 nitrogen and oxygen atoms in total. The van der Waals surface area contributed by atoms with Crippen molar-refractivity contribution in [1.29, 1.82) is 0 Å². The van der Waals surface area contributed by atoms with Gasteiger partial charge >= 0.3 is 6.01 Å². The number of nitrogens with one attached hydrogen (secondary N) is 1. The highest BCUT2D eigenvalue weighted by Gasteiger charge is 2.45. The number of rotatable bonds is 5. The minimum absolute atomic E-state index is 0.0346. The lowest BCUT2D eigenvalue weighted by molar-refractivity contribution is 0.108. The smallest absolute Gasteiger partial charge is 0.319 e. The van der Waals surface area contributed by atoms with E-state index in [0.29, 0.717) is 23.9 Å². The number of piperidine rings is 2. The second-order valence-electron chi connectivity index (χ2n) is 12.1. The van der Waals surface area contributed by atoms with Crippen LogP contribution in [-0.2, 0) is 0 Å². The van der Waals surface area contributed by atoms with Crippen LogP contribution in [0.25, 0.3) is 27.4 Å². The molecule has 0 amide bonds. The number of phenols is 1. The molecule has 218 valence electrons. The number of nitrogens with zero attached hydrogens (tertiary/aromatic N) is 6. The van der Waals surface area contributed by atoms with E-state index in [-0.39, 0.29) is 45.3 Å². The van der Waals surface area contributed by atoms with Crippen molar-refractivity contribution in [1.82, 2.24) is 30.0 Å². The molecule has 2 unspecified atom stereocenters. The van der Waals surface area contributed by atoms with Gasteiger partial charge < -0.3 is 20.1 Å². The lowest BCUT2D eigenvalue weighted by Crippen LogP contribution is -2.61. The summed E-state index contributed by atoms with van der Waals surface area (Å²) in [6.45, 7) is 4.10. The summed E-state index contributed by atoms with van der Waals surface area (Å²) in [5, 5.41) is 18.8. The van der Waals surface area contributed by atoms with Crippen molar-refractivity contribution in [3.05, 3.63) is 52.5 Å².